The minimum Gasteiger partial charge on any atom is -0.481 e. The number of hydrogen-bond donors (Lipinski definition) is 0. The van der Waals surface area contributed by atoms with E-state index in [2.05, 4.69) is 0 Å². The van der Waals surface area contributed by atoms with E-state index < -0.39 is 0 Å². The van der Waals surface area contributed by atoms with E-state index in [1.165, 1.54) is 0 Å². The molecule has 0 amide bonds. The van der Waals surface area contributed by atoms with E-state index in [0.29, 0.717) is 18.9 Å². The Bertz CT molecular complexity index is 575. The molecule has 106 valence electrons. The second-order valence-electron chi connectivity index (χ2n) is 4.79. The molecule has 0 heterocycles. The third kappa shape index (κ3) is 3.96. The molecular formula is C16H19NO3. The van der Waals surface area contributed by atoms with Crippen LogP contribution in [-0.2, 0) is 9.53 Å². The van der Waals surface area contributed by atoms with Gasteiger partial charge in [0.05, 0.1) is 0 Å². The lowest BCUT2D eigenvalue weighted by Crippen LogP contribution is -2.22. The van der Waals surface area contributed by atoms with Gasteiger partial charge >= 0.3 is 5.97 Å². The number of carbonyl (C=O) groups is 1. The maximum atomic E-state index is 11.6. The zero-order chi connectivity index (χ0) is 14.4. The van der Waals surface area contributed by atoms with E-state index in [4.69, 9.17) is 9.47 Å². The van der Waals surface area contributed by atoms with Gasteiger partial charge in [-0.05, 0) is 25.5 Å². The first-order valence-corrected chi connectivity index (χ1v) is 6.58. The number of likely N-dealkylation sites (N-methyl/N-ethyl adjacent to an activating group) is 1. The van der Waals surface area contributed by atoms with Crippen LogP contribution in [0.3, 0.4) is 0 Å². The fourth-order valence-corrected chi connectivity index (χ4v) is 1.84. The molecule has 0 radical (unpaired) electrons. The van der Waals surface area contributed by atoms with Crippen LogP contribution >= 0.6 is 0 Å². The highest BCUT2D eigenvalue weighted by Gasteiger charge is 2.06. The van der Waals surface area contributed by atoms with E-state index in [-0.39, 0.29) is 12.6 Å². The first-order chi connectivity index (χ1) is 9.66. The molecule has 0 aliphatic carbocycles. The molecule has 0 unspecified atom stereocenters. The predicted octanol–water partition coefficient (Wildman–Crippen LogP) is 2.32. The summed E-state index contributed by atoms with van der Waals surface area (Å²) in [5.41, 5.74) is 0. The molecule has 4 nitrogen and oxygen atoms in total. The third-order valence-corrected chi connectivity index (χ3v) is 2.90. The zero-order valence-electron chi connectivity index (χ0n) is 11.8. The molecule has 0 N–H and O–H groups in total. The van der Waals surface area contributed by atoms with Gasteiger partial charge in [-0.15, -0.1) is 0 Å². The molecular weight excluding hydrogens is 254 g/mol. The highest BCUT2D eigenvalue weighted by Crippen LogP contribution is 2.24. The summed E-state index contributed by atoms with van der Waals surface area (Å²) in [5.74, 6) is 0.354. The first-order valence-electron chi connectivity index (χ1n) is 6.58. The van der Waals surface area contributed by atoms with E-state index in [0.717, 1.165) is 10.8 Å². The van der Waals surface area contributed by atoms with Gasteiger partial charge in [0.1, 0.15) is 12.4 Å². The Morgan fingerprint density at radius 3 is 2.65 bits per heavy atom. The molecule has 0 bridgehead atoms. The maximum absolute atomic E-state index is 11.6. The van der Waals surface area contributed by atoms with Crippen molar-refractivity contribution in [1.29, 1.82) is 0 Å². The van der Waals surface area contributed by atoms with Crippen LogP contribution in [0.5, 0.6) is 5.75 Å². The third-order valence-electron chi connectivity index (χ3n) is 2.90. The van der Waals surface area contributed by atoms with Gasteiger partial charge in [-0.1, -0.05) is 36.4 Å². The van der Waals surface area contributed by atoms with Crippen molar-refractivity contribution in [1.82, 2.24) is 4.90 Å². The molecule has 0 saturated heterocycles. The molecule has 0 spiro atoms. The monoisotopic (exact) mass is 273 g/mol. The lowest BCUT2D eigenvalue weighted by molar-refractivity contribution is -0.146. The van der Waals surface area contributed by atoms with Gasteiger partial charge in [-0.3, -0.25) is 0 Å². The largest absolute Gasteiger partial charge is 0.481 e. The average Bonchev–Trinajstić information content (AvgIpc) is 2.44. The molecule has 4 heteroatoms. The van der Waals surface area contributed by atoms with Gasteiger partial charge < -0.3 is 14.4 Å². The van der Waals surface area contributed by atoms with Crippen molar-refractivity contribution >= 4 is 16.7 Å². The molecule has 2 aromatic carbocycles. The smallest absolute Gasteiger partial charge is 0.344 e. The van der Waals surface area contributed by atoms with E-state index in [1.807, 2.05) is 61.5 Å². The Morgan fingerprint density at radius 2 is 1.85 bits per heavy atom. The molecule has 0 saturated carbocycles. The van der Waals surface area contributed by atoms with Crippen molar-refractivity contribution in [2.75, 3.05) is 33.9 Å². The number of hydrogen-bond acceptors (Lipinski definition) is 4. The lowest BCUT2D eigenvalue weighted by atomic mass is 10.1. The standard InChI is InChI=1S/C16H19NO3/c1-17(2)10-11-19-16(18)12-20-15-9-5-7-13-6-3-4-8-14(13)15/h3-9H,10-12H2,1-2H3. The number of rotatable bonds is 6. The van der Waals surface area contributed by atoms with Crippen molar-refractivity contribution in [3.05, 3.63) is 42.5 Å². The Morgan fingerprint density at radius 1 is 1.10 bits per heavy atom. The van der Waals surface area contributed by atoms with Crippen molar-refractivity contribution in [2.45, 2.75) is 0 Å². The van der Waals surface area contributed by atoms with Gasteiger partial charge in [-0.2, -0.15) is 0 Å². The summed E-state index contributed by atoms with van der Waals surface area (Å²) in [7, 11) is 3.86. The summed E-state index contributed by atoms with van der Waals surface area (Å²) < 4.78 is 10.6. The van der Waals surface area contributed by atoms with Crippen LogP contribution in [-0.4, -0.2) is 44.7 Å². The van der Waals surface area contributed by atoms with Gasteiger partial charge in [0.15, 0.2) is 6.61 Å². The topological polar surface area (TPSA) is 38.8 Å². The van der Waals surface area contributed by atoms with Crippen LogP contribution < -0.4 is 4.74 Å². The van der Waals surface area contributed by atoms with Crippen LogP contribution in [0.4, 0.5) is 0 Å². The van der Waals surface area contributed by atoms with Crippen LogP contribution in [0.1, 0.15) is 0 Å². The van der Waals surface area contributed by atoms with Crippen LogP contribution in [0, 0.1) is 0 Å². The highest BCUT2D eigenvalue weighted by atomic mass is 16.6. The Kier molecular flexibility index (Phi) is 4.96. The van der Waals surface area contributed by atoms with Crippen LogP contribution in [0.2, 0.25) is 0 Å². The fourth-order valence-electron chi connectivity index (χ4n) is 1.84. The van der Waals surface area contributed by atoms with Crippen molar-refractivity contribution < 1.29 is 14.3 Å². The Hall–Kier alpha value is -2.07. The minimum atomic E-state index is -0.347. The summed E-state index contributed by atoms with van der Waals surface area (Å²) in [5, 5.41) is 2.09. The highest BCUT2D eigenvalue weighted by molar-refractivity contribution is 5.88. The number of ether oxygens (including phenoxy) is 2. The maximum Gasteiger partial charge on any atom is 0.344 e. The number of carbonyl (C=O) groups excluding carboxylic acids is 1. The number of esters is 1. The van der Waals surface area contributed by atoms with Gasteiger partial charge in [0.2, 0.25) is 0 Å². The normalized spacial score (nSPS) is 10.8. The SMILES string of the molecule is CN(C)CCOC(=O)COc1cccc2ccccc12. The quantitative estimate of drug-likeness (QED) is 0.757. The minimum absolute atomic E-state index is 0.0680. The molecule has 20 heavy (non-hydrogen) atoms. The van der Waals surface area contributed by atoms with E-state index in [9.17, 15) is 4.79 Å². The second kappa shape index (κ2) is 6.91. The second-order valence-corrected chi connectivity index (χ2v) is 4.79. The summed E-state index contributed by atoms with van der Waals surface area (Å²) in [4.78, 5) is 13.5. The summed E-state index contributed by atoms with van der Waals surface area (Å²) in [6, 6.07) is 13.7. The molecule has 0 aromatic heterocycles. The van der Waals surface area contributed by atoms with E-state index in [1.54, 1.807) is 0 Å². The van der Waals surface area contributed by atoms with Gasteiger partial charge in [0, 0.05) is 11.9 Å². The summed E-state index contributed by atoms with van der Waals surface area (Å²) in [6.07, 6.45) is 0. The average molecular weight is 273 g/mol. The summed E-state index contributed by atoms with van der Waals surface area (Å²) in [6.45, 7) is 1.02. The van der Waals surface area contributed by atoms with E-state index >= 15 is 0 Å². The van der Waals surface area contributed by atoms with Crippen molar-refractivity contribution in [3.8, 4) is 5.75 Å². The molecule has 2 rings (SSSR count). The lowest BCUT2D eigenvalue weighted by Gasteiger charge is -2.11. The first kappa shape index (κ1) is 14.3. The molecule has 0 aliphatic rings. The Labute approximate surface area is 118 Å². The summed E-state index contributed by atoms with van der Waals surface area (Å²) >= 11 is 0. The number of fused-ring (bicyclic) bond motifs is 1. The number of benzene rings is 2. The number of nitrogens with zero attached hydrogens (tertiary/aromatic N) is 1. The molecule has 0 atom stereocenters. The zero-order valence-corrected chi connectivity index (χ0v) is 11.8. The van der Waals surface area contributed by atoms with Crippen molar-refractivity contribution in [2.24, 2.45) is 0 Å². The van der Waals surface area contributed by atoms with Gasteiger partial charge in [-0.25, -0.2) is 4.79 Å². The van der Waals surface area contributed by atoms with Crippen LogP contribution in [0.15, 0.2) is 42.5 Å². The molecule has 0 aliphatic heterocycles. The van der Waals surface area contributed by atoms with Crippen LogP contribution in [0.25, 0.3) is 10.8 Å². The molecule has 0 fully saturated rings. The Balaban J connectivity index is 1.91. The van der Waals surface area contributed by atoms with Gasteiger partial charge in [0.25, 0.3) is 0 Å². The van der Waals surface area contributed by atoms with Crippen molar-refractivity contribution in [3.63, 3.8) is 0 Å². The predicted molar refractivity (Wildman–Crippen MR) is 79.0 cm³/mol. The molecule has 2 aromatic rings. The fraction of sp³-hybridized carbons (Fsp3) is 0.312.